The summed E-state index contributed by atoms with van der Waals surface area (Å²) >= 11 is 0. The molecule has 146 valence electrons. The van der Waals surface area contributed by atoms with Crippen LogP contribution < -0.4 is 4.74 Å². The smallest absolute Gasteiger partial charge is 0.416 e. The third-order valence-electron chi connectivity index (χ3n) is 4.69. The Morgan fingerprint density at radius 1 is 1.14 bits per heavy atom. The molecule has 0 bridgehead atoms. The molecular formula is C20H17F3N2O3. The van der Waals surface area contributed by atoms with Crippen molar-refractivity contribution in [2.75, 3.05) is 19.8 Å². The lowest BCUT2D eigenvalue weighted by Crippen LogP contribution is -2.36. The quantitative estimate of drug-likeness (QED) is 0.733. The highest BCUT2D eigenvalue weighted by Gasteiger charge is 2.33. The maximum atomic E-state index is 12.8. The largest absolute Gasteiger partial charge is 0.474 e. The molecule has 1 atom stereocenters. The minimum absolute atomic E-state index is 0.0314. The Balaban J connectivity index is 1.67. The fourth-order valence-corrected chi connectivity index (χ4v) is 3.12. The van der Waals surface area contributed by atoms with E-state index < -0.39 is 17.3 Å². The summed E-state index contributed by atoms with van der Waals surface area (Å²) in [5, 5.41) is 11.0. The first-order valence-electron chi connectivity index (χ1n) is 8.70. The number of benzene rings is 1. The summed E-state index contributed by atoms with van der Waals surface area (Å²) in [7, 11) is 0. The van der Waals surface area contributed by atoms with Gasteiger partial charge in [-0.2, -0.15) is 13.2 Å². The zero-order chi connectivity index (χ0) is 19.8. The van der Waals surface area contributed by atoms with Crippen LogP contribution in [0.3, 0.4) is 0 Å². The van der Waals surface area contributed by atoms with E-state index in [9.17, 15) is 18.3 Å². The molecule has 0 spiro atoms. The van der Waals surface area contributed by atoms with E-state index in [0.717, 1.165) is 12.1 Å². The number of ether oxygens (including phenoxy) is 2. The minimum atomic E-state index is -4.39. The van der Waals surface area contributed by atoms with Gasteiger partial charge in [-0.25, -0.2) is 4.98 Å². The SMILES string of the molecule is OC1(COc2ncc(-c3ccc(C(F)(F)F)cc3)c3ncccc23)CCOC1. The van der Waals surface area contributed by atoms with Gasteiger partial charge in [-0.15, -0.1) is 0 Å². The lowest BCUT2D eigenvalue weighted by molar-refractivity contribution is -0.137. The topological polar surface area (TPSA) is 64.5 Å². The van der Waals surface area contributed by atoms with Gasteiger partial charge >= 0.3 is 6.18 Å². The average molecular weight is 390 g/mol. The Kier molecular flexibility index (Phi) is 4.68. The number of rotatable bonds is 4. The third kappa shape index (κ3) is 3.65. The van der Waals surface area contributed by atoms with E-state index in [-0.39, 0.29) is 13.2 Å². The van der Waals surface area contributed by atoms with Crippen LogP contribution in [-0.2, 0) is 10.9 Å². The van der Waals surface area contributed by atoms with E-state index in [2.05, 4.69) is 9.97 Å². The normalized spacial score (nSPS) is 19.9. The van der Waals surface area contributed by atoms with E-state index in [1.165, 1.54) is 18.3 Å². The number of hydrogen-bond acceptors (Lipinski definition) is 5. The lowest BCUT2D eigenvalue weighted by Gasteiger charge is -2.20. The predicted molar refractivity (Wildman–Crippen MR) is 95.9 cm³/mol. The molecule has 3 aromatic rings. The van der Waals surface area contributed by atoms with Crippen LogP contribution in [0.2, 0.25) is 0 Å². The van der Waals surface area contributed by atoms with Gasteiger partial charge in [0.1, 0.15) is 12.2 Å². The van der Waals surface area contributed by atoms with Crippen LogP contribution in [-0.4, -0.2) is 40.5 Å². The molecule has 4 rings (SSSR count). The Bertz CT molecular complexity index is 984. The van der Waals surface area contributed by atoms with Gasteiger partial charge in [0.15, 0.2) is 0 Å². The van der Waals surface area contributed by atoms with E-state index in [1.54, 1.807) is 18.3 Å². The second-order valence-electron chi connectivity index (χ2n) is 6.77. The highest BCUT2D eigenvalue weighted by molar-refractivity contribution is 5.95. The lowest BCUT2D eigenvalue weighted by atomic mass is 10.0. The van der Waals surface area contributed by atoms with Crippen LogP contribution in [0, 0.1) is 0 Å². The van der Waals surface area contributed by atoms with Gasteiger partial charge in [0.2, 0.25) is 5.88 Å². The summed E-state index contributed by atoms with van der Waals surface area (Å²) in [6.45, 7) is 0.707. The van der Waals surface area contributed by atoms with E-state index >= 15 is 0 Å². The molecule has 1 aliphatic rings. The molecule has 1 unspecified atom stereocenters. The Morgan fingerprint density at radius 2 is 1.93 bits per heavy atom. The summed E-state index contributed by atoms with van der Waals surface area (Å²) in [4.78, 5) is 8.67. The molecule has 1 saturated heterocycles. The van der Waals surface area contributed by atoms with Gasteiger partial charge in [0.05, 0.1) is 23.1 Å². The number of nitrogens with zero attached hydrogens (tertiary/aromatic N) is 2. The first kappa shape index (κ1) is 18.6. The molecule has 1 N–H and O–H groups in total. The molecule has 1 fully saturated rings. The van der Waals surface area contributed by atoms with Crippen LogP contribution in [0.25, 0.3) is 22.0 Å². The van der Waals surface area contributed by atoms with E-state index in [0.29, 0.717) is 40.9 Å². The molecule has 0 aliphatic carbocycles. The maximum absolute atomic E-state index is 12.8. The zero-order valence-electron chi connectivity index (χ0n) is 14.7. The van der Waals surface area contributed by atoms with Crippen molar-refractivity contribution in [3.05, 3.63) is 54.4 Å². The number of aliphatic hydroxyl groups is 1. The number of hydrogen-bond donors (Lipinski definition) is 1. The molecule has 3 heterocycles. The van der Waals surface area contributed by atoms with Crippen LogP contribution in [0.1, 0.15) is 12.0 Å². The van der Waals surface area contributed by atoms with Gasteiger partial charge in [-0.05, 0) is 29.8 Å². The Morgan fingerprint density at radius 3 is 2.61 bits per heavy atom. The minimum Gasteiger partial charge on any atom is -0.474 e. The van der Waals surface area contributed by atoms with E-state index in [1.807, 2.05) is 0 Å². The molecule has 1 aliphatic heterocycles. The number of alkyl halides is 3. The summed E-state index contributed by atoms with van der Waals surface area (Å²) in [5.74, 6) is 0.305. The van der Waals surface area contributed by atoms with Crippen molar-refractivity contribution in [2.24, 2.45) is 0 Å². The van der Waals surface area contributed by atoms with Crippen LogP contribution in [0.4, 0.5) is 13.2 Å². The molecule has 28 heavy (non-hydrogen) atoms. The second kappa shape index (κ2) is 7.03. The van der Waals surface area contributed by atoms with E-state index in [4.69, 9.17) is 9.47 Å². The van der Waals surface area contributed by atoms with Crippen LogP contribution >= 0.6 is 0 Å². The van der Waals surface area contributed by atoms with Crippen LogP contribution in [0.5, 0.6) is 5.88 Å². The van der Waals surface area contributed by atoms with Gasteiger partial charge in [0.25, 0.3) is 0 Å². The molecule has 0 saturated carbocycles. The number of aromatic nitrogens is 2. The van der Waals surface area contributed by atoms with Gasteiger partial charge in [-0.1, -0.05) is 12.1 Å². The predicted octanol–water partition coefficient (Wildman–Crippen LogP) is 3.85. The van der Waals surface area contributed by atoms with Crippen molar-refractivity contribution in [3.63, 3.8) is 0 Å². The third-order valence-corrected chi connectivity index (χ3v) is 4.69. The van der Waals surface area contributed by atoms with Crippen molar-refractivity contribution < 1.29 is 27.8 Å². The van der Waals surface area contributed by atoms with Gasteiger partial charge in [0, 0.05) is 31.0 Å². The van der Waals surface area contributed by atoms with Crippen molar-refractivity contribution in [1.29, 1.82) is 0 Å². The average Bonchev–Trinajstić information content (AvgIpc) is 3.12. The molecule has 0 radical (unpaired) electrons. The van der Waals surface area contributed by atoms with Crippen molar-refractivity contribution in [2.45, 2.75) is 18.2 Å². The number of pyridine rings is 2. The molecule has 8 heteroatoms. The van der Waals surface area contributed by atoms with Gasteiger partial charge in [-0.3, -0.25) is 4.98 Å². The highest BCUT2D eigenvalue weighted by atomic mass is 19.4. The summed E-state index contributed by atoms with van der Waals surface area (Å²) in [6.07, 6.45) is -0.799. The first-order valence-corrected chi connectivity index (χ1v) is 8.70. The summed E-state index contributed by atoms with van der Waals surface area (Å²) in [6, 6.07) is 8.35. The number of halogens is 3. The summed E-state index contributed by atoms with van der Waals surface area (Å²) < 4.78 is 49.3. The van der Waals surface area contributed by atoms with Crippen molar-refractivity contribution >= 4 is 10.9 Å². The highest BCUT2D eigenvalue weighted by Crippen LogP contribution is 2.34. The first-order chi connectivity index (χ1) is 13.4. The number of fused-ring (bicyclic) bond motifs is 1. The molecular weight excluding hydrogens is 373 g/mol. The molecule has 2 aromatic heterocycles. The molecule has 5 nitrogen and oxygen atoms in total. The Hall–Kier alpha value is -2.71. The second-order valence-corrected chi connectivity index (χ2v) is 6.77. The zero-order valence-corrected chi connectivity index (χ0v) is 14.7. The maximum Gasteiger partial charge on any atom is 0.416 e. The monoisotopic (exact) mass is 390 g/mol. The van der Waals surface area contributed by atoms with Crippen LogP contribution in [0.15, 0.2) is 48.8 Å². The fourth-order valence-electron chi connectivity index (χ4n) is 3.12. The molecule has 1 aromatic carbocycles. The van der Waals surface area contributed by atoms with Gasteiger partial charge < -0.3 is 14.6 Å². The fraction of sp³-hybridized carbons (Fsp3) is 0.300. The Labute approximate surface area is 158 Å². The van der Waals surface area contributed by atoms with Crippen molar-refractivity contribution in [3.8, 4) is 17.0 Å². The summed E-state index contributed by atoms with van der Waals surface area (Å²) in [5.41, 5.74) is -0.0454. The van der Waals surface area contributed by atoms with Crippen molar-refractivity contribution in [1.82, 2.24) is 9.97 Å². The standard InChI is InChI=1S/C20H17F3N2O3/c21-20(22,23)14-5-3-13(4-6-14)16-10-25-18(15-2-1-8-24-17(15)16)28-12-19(26)7-9-27-11-19/h1-6,8,10,26H,7,9,11-12H2. The molecule has 0 amide bonds.